The molecule has 0 atom stereocenters. The topological polar surface area (TPSA) is 50.1 Å². The summed E-state index contributed by atoms with van der Waals surface area (Å²) in [6, 6.07) is 5.57. The largest absolute Gasteiger partial charge is 0.423 e. The molecule has 0 aliphatic heterocycles. The van der Waals surface area contributed by atoms with Crippen LogP contribution in [0.2, 0.25) is 0 Å². The number of hydrogen-bond donors (Lipinski definition) is 0. The smallest absolute Gasteiger partial charge is 0.349 e. The number of carbonyl (C=O) groups excluding carboxylic acids is 1. The molecule has 0 radical (unpaired) electrons. The van der Waals surface area contributed by atoms with Crippen molar-refractivity contribution < 1.29 is 35.9 Å². The zero-order valence-corrected chi connectivity index (χ0v) is 16.0. The molecule has 0 amide bonds. The Morgan fingerprint density at radius 3 is 1.75 bits per heavy atom. The predicted octanol–water partition coefficient (Wildman–Crippen LogP) is 5.32. The van der Waals surface area contributed by atoms with Gasteiger partial charge in [-0.2, -0.15) is 5.26 Å². The van der Waals surface area contributed by atoms with Gasteiger partial charge in [-0.05, 0) is 36.8 Å². The van der Waals surface area contributed by atoms with E-state index in [1.165, 1.54) is 13.0 Å². The van der Waals surface area contributed by atoms with E-state index in [9.17, 15) is 31.1 Å². The number of benzene rings is 3. The predicted molar refractivity (Wildman–Crippen MR) is 99.5 cm³/mol. The van der Waals surface area contributed by atoms with E-state index in [4.69, 9.17) is 5.26 Å². The molecule has 3 aromatic carbocycles. The Morgan fingerprint density at radius 2 is 1.25 bits per heavy atom. The number of carbonyl (C=O) groups is 1. The molecule has 9 heteroatoms. The van der Waals surface area contributed by atoms with Crippen molar-refractivity contribution in [2.75, 3.05) is 0 Å². The molecule has 0 saturated heterocycles. The van der Waals surface area contributed by atoms with Crippen LogP contribution in [0.3, 0.4) is 0 Å². The number of ether oxygens (including phenoxy) is 1. The molecule has 0 saturated carbocycles. The first kappa shape index (κ1) is 22.4. The summed E-state index contributed by atoms with van der Waals surface area (Å²) < 4.78 is 88.1. The third kappa shape index (κ3) is 4.57. The minimum atomic E-state index is -1.61. The van der Waals surface area contributed by atoms with E-state index >= 15 is 0 Å². The van der Waals surface area contributed by atoms with Gasteiger partial charge in [-0.25, -0.2) is 31.1 Å². The van der Waals surface area contributed by atoms with Gasteiger partial charge in [-0.3, -0.25) is 0 Å². The fraction of sp³-hybridized carbons (Fsp3) is 0.0435. The number of hydrogen-bond acceptors (Lipinski definition) is 3. The van der Waals surface area contributed by atoms with E-state index in [-0.39, 0.29) is 5.56 Å². The highest BCUT2D eigenvalue weighted by Crippen LogP contribution is 2.23. The number of aryl methyl sites for hydroxylation is 1. The van der Waals surface area contributed by atoms with E-state index in [2.05, 4.69) is 16.6 Å². The van der Waals surface area contributed by atoms with E-state index in [1.807, 2.05) is 0 Å². The number of rotatable bonds is 2. The Morgan fingerprint density at radius 1 is 0.750 bits per heavy atom. The Balaban J connectivity index is 1.91. The molecule has 0 unspecified atom stereocenters. The summed E-state index contributed by atoms with van der Waals surface area (Å²) in [4.78, 5) is 12.1. The second-order valence-corrected chi connectivity index (χ2v) is 6.43. The number of halogens is 6. The second-order valence-electron chi connectivity index (χ2n) is 6.43. The van der Waals surface area contributed by atoms with Gasteiger partial charge in [0.25, 0.3) is 0 Å². The van der Waals surface area contributed by atoms with Crippen molar-refractivity contribution in [3.05, 3.63) is 99.1 Å². The summed E-state index contributed by atoms with van der Waals surface area (Å²) in [7, 11) is 0. The molecule has 32 heavy (non-hydrogen) atoms. The van der Waals surface area contributed by atoms with E-state index < -0.39 is 63.3 Å². The highest BCUT2D eigenvalue weighted by Gasteiger charge is 2.22. The molecule has 3 aromatic rings. The van der Waals surface area contributed by atoms with Crippen LogP contribution in [0, 0.1) is 65.0 Å². The molecular weight excluding hydrogens is 436 g/mol. The summed E-state index contributed by atoms with van der Waals surface area (Å²) >= 11 is 0. The van der Waals surface area contributed by atoms with Crippen LogP contribution in [0.4, 0.5) is 26.3 Å². The molecule has 3 rings (SSSR count). The Hall–Kier alpha value is -4.24. The van der Waals surface area contributed by atoms with Gasteiger partial charge in [0.05, 0.1) is 5.56 Å². The fourth-order valence-corrected chi connectivity index (χ4v) is 2.67. The van der Waals surface area contributed by atoms with Crippen LogP contribution in [0.15, 0.2) is 36.4 Å². The summed E-state index contributed by atoms with van der Waals surface area (Å²) in [5.74, 6) is -5.47. The first-order valence-electron chi connectivity index (χ1n) is 8.68. The quantitative estimate of drug-likeness (QED) is 0.232. The molecule has 0 N–H and O–H groups in total. The lowest BCUT2D eigenvalue weighted by Gasteiger charge is -2.08. The van der Waals surface area contributed by atoms with Crippen LogP contribution in [0.5, 0.6) is 5.75 Å². The molecule has 0 heterocycles. The lowest BCUT2D eigenvalue weighted by molar-refractivity contribution is 0.0723. The highest BCUT2D eigenvalue weighted by atomic mass is 19.2. The minimum Gasteiger partial charge on any atom is -0.423 e. The van der Waals surface area contributed by atoms with Crippen LogP contribution in [-0.4, -0.2) is 5.97 Å². The molecule has 160 valence electrons. The van der Waals surface area contributed by atoms with Gasteiger partial charge in [0.1, 0.15) is 57.8 Å². The first-order chi connectivity index (χ1) is 15.1. The van der Waals surface area contributed by atoms with E-state index in [0.29, 0.717) is 29.8 Å². The van der Waals surface area contributed by atoms with Crippen molar-refractivity contribution in [1.29, 1.82) is 5.26 Å². The van der Waals surface area contributed by atoms with Gasteiger partial charge < -0.3 is 4.74 Å². The molecule has 0 spiro atoms. The van der Waals surface area contributed by atoms with Crippen molar-refractivity contribution in [1.82, 2.24) is 0 Å². The average Bonchev–Trinajstić information content (AvgIpc) is 2.66. The summed E-state index contributed by atoms with van der Waals surface area (Å²) in [6.45, 7) is 1.46. The Bertz CT molecular complexity index is 1300. The van der Waals surface area contributed by atoms with Crippen molar-refractivity contribution in [3.8, 4) is 23.7 Å². The van der Waals surface area contributed by atoms with Gasteiger partial charge >= 0.3 is 5.97 Å². The molecule has 0 bridgehead atoms. The van der Waals surface area contributed by atoms with Crippen LogP contribution in [0.25, 0.3) is 0 Å². The monoisotopic (exact) mass is 445 g/mol. The van der Waals surface area contributed by atoms with Crippen molar-refractivity contribution in [2.45, 2.75) is 6.92 Å². The lowest BCUT2D eigenvalue weighted by atomic mass is 10.1. The standard InChI is InChI=1S/C23H9F6NO2/c1-11-4-16(24)14(17(25)5-11)3-2-12-6-20(28)22(21(29)7-12)23(31)32-13-8-18(26)15(10-30)19(27)9-13/h4-9H,1H3. The zero-order chi connectivity index (χ0) is 23.6. The number of nitrogens with zero attached hydrogens (tertiary/aromatic N) is 1. The van der Waals surface area contributed by atoms with E-state index in [1.54, 1.807) is 0 Å². The van der Waals surface area contributed by atoms with Gasteiger partial charge in [0.2, 0.25) is 0 Å². The van der Waals surface area contributed by atoms with Gasteiger partial charge in [-0.15, -0.1) is 0 Å². The second kappa shape index (κ2) is 8.86. The van der Waals surface area contributed by atoms with Crippen LogP contribution >= 0.6 is 0 Å². The fourth-order valence-electron chi connectivity index (χ4n) is 2.67. The summed E-state index contributed by atoms with van der Waals surface area (Å²) in [6.07, 6.45) is 0. The Labute approximate surface area is 177 Å². The van der Waals surface area contributed by atoms with Crippen molar-refractivity contribution in [2.24, 2.45) is 0 Å². The highest BCUT2D eigenvalue weighted by molar-refractivity contribution is 5.91. The molecular formula is C23H9F6NO2. The number of nitriles is 1. The third-order valence-corrected chi connectivity index (χ3v) is 4.10. The summed E-state index contributed by atoms with van der Waals surface area (Å²) in [5.41, 5.74) is -2.75. The number of esters is 1. The summed E-state index contributed by atoms with van der Waals surface area (Å²) in [5, 5.41) is 8.62. The minimum absolute atomic E-state index is 0.313. The molecule has 3 nitrogen and oxygen atoms in total. The normalized spacial score (nSPS) is 10.2. The zero-order valence-electron chi connectivity index (χ0n) is 16.0. The van der Waals surface area contributed by atoms with Crippen molar-refractivity contribution >= 4 is 5.97 Å². The lowest BCUT2D eigenvalue weighted by Crippen LogP contribution is -2.14. The van der Waals surface area contributed by atoms with Gasteiger partial charge in [0, 0.05) is 17.7 Å². The van der Waals surface area contributed by atoms with Gasteiger partial charge in [0.15, 0.2) is 0 Å². The maximum absolute atomic E-state index is 14.3. The molecule has 0 aliphatic carbocycles. The average molecular weight is 445 g/mol. The van der Waals surface area contributed by atoms with E-state index in [0.717, 1.165) is 12.1 Å². The molecule has 0 aliphatic rings. The third-order valence-electron chi connectivity index (χ3n) is 4.10. The van der Waals surface area contributed by atoms with Crippen LogP contribution in [0.1, 0.15) is 32.6 Å². The SMILES string of the molecule is Cc1cc(F)c(C#Cc2cc(F)c(C(=O)Oc3cc(F)c(C#N)c(F)c3)c(F)c2)c(F)c1. The maximum atomic E-state index is 14.3. The molecule has 0 aromatic heterocycles. The first-order valence-corrected chi connectivity index (χ1v) is 8.68. The van der Waals surface area contributed by atoms with Crippen molar-refractivity contribution in [3.63, 3.8) is 0 Å². The van der Waals surface area contributed by atoms with Crippen LogP contribution < -0.4 is 4.74 Å². The Kier molecular flexibility index (Phi) is 6.22. The molecule has 0 fully saturated rings. The van der Waals surface area contributed by atoms with Crippen LogP contribution in [-0.2, 0) is 0 Å². The maximum Gasteiger partial charge on any atom is 0.349 e. The van der Waals surface area contributed by atoms with Gasteiger partial charge in [-0.1, -0.05) is 11.8 Å².